The van der Waals surface area contributed by atoms with Gasteiger partial charge in [-0.15, -0.1) is 0 Å². The monoisotopic (exact) mass is 203 g/mol. The smallest absolute Gasteiger partial charge is 0.257 e. The van der Waals surface area contributed by atoms with Crippen LogP contribution in [0.25, 0.3) is 11.5 Å². The number of rotatable bonds is 3. The maximum Gasteiger partial charge on any atom is 0.257 e. The molecule has 4 nitrogen and oxygen atoms in total. The third kappa shape index (κ3) is 2.22. The predicted octanol–water partition coefficient (Wildman–Crippen LogP) is 1.76. The molecular weight excluding hydrogens is 190 g/mol. The summed E-state index contributed by atoms with van der Waals surface area (Å²) in [7, 11) is 1.85. The van der Waals surface area contributed by atoms with Gasteiger partial charge in [-0.1, -0.05) is 22.9 Å². The zero-order valence-electron chi connectivity index (χ0n) is 8.82. The van der Waals surface area contributed by atoms with Gasteiger partial charge in [-0.05, 0) is 26.1 Å². The Kier molecular flexibility index (Phi) is 2.78. The number of aromatic nitrogens is 2. The van der Waals surface area contributed by atoms with Gasteiger partial charge in [0.1, 0.15) is 0 Å². The first-order valence-electron chi connectivity index (χ1n) is 4.84. The van der Waals surface area contributed by atoms with Gasteiger partial charge in [0.05, 0.1) is 6.54 Å². The van der Waals surface area contributed by atoms with Crippen molar-refractivity contribution in [3.63, 3.8) is 0 Å². The fourth-order valence-electron chi connectivity index (χ4n) is 1.30. The van der Waals surface area contributed by atoms with Crippen molar-refractivity contribution in [3.05, 3.63) is 35.7 Å². The lowest BCUT2D eigenvalue weighted by Gasteiger charge is -1.94. The Morgan fingerprint density at radius 3 is 2.67 bits per heavy atom. The van der Waals surface area contributed by atoms with E-state index in [0.717, 1.165) is 5.56 Å². The van der Waals surface area contributed by atoms with Crippen LogP contribution >= 0.6 is 0 Å². The highest BCUT2D eigenvalue weighted by Gasteiger charge is 2.07. The van der Waals surface area contributed by atoms with Crippen LogP contribution in [0.5, 0.6) is 0 Å². The topological polar surface area (TPSA) is 51.0 Å². The van der Waals surface area contributed by atoms with Crippen LogP contribution in [0.2, 0.25) is 0 Å². The van der Waals surface area contributed by atoms with E-state index in [1.165, 1.54) is 5.56 Å². The van der Waals surface area contributed by atoms with Crippen LogP contribution in [-0.4, -0.2) is 17.2 Å². The van der Waals surface area contributed by atoms with E-state index in [1.54, 1.807) is 0 Å². The molecule has 0 spiro atoms. The molecule has 0 saturated heterocycles. The third-order valence-electron chi connectivity index (χ3n) is 2.10. The van der Waals surface area contributed by atoms with Crippen molar-refractivity contribution in [2.24, 2.45) is 0 Å². The van der Waals surface area contributed by atoms with Crippen LogP contribution in [0.15, 0.2) is 28.8 Å². The number of aryl methyl sites for hydroxylation is 1. The van der Waals surface area contributed by atoms with Crippen LogP contribution in [0.3, 0.4) is 0 Å². The van der Waals surface area contributed by atoms with Crippen molar-refractivity contribution in [3.8, 4) is 11.5 Å². The summed E-state index contributed by atoms with van der Waals surface area (Å²) < 4.78 is 5.14. The number of nitrogens with one attached hydrogen (secondary N) is 1. The molecule has 0 atom stereocenters. The van der Waals surface area contributed by atoms with E-state index in [0.29, 0.717) is 18.3 Å². The highest BCUT2D eigenvalue weighted by atomic mass is 16.5. The van der Waals surface area contributed by atoms with Crippen LogP contribution in [0, 0.1) is 6.92 Å². The van der Waals surface area contributed by atoms with E-state index in [-0.39, 0.29) is 0 Å². The van der Waals surface area contributed by atoms with Crippen molar-refractivity contribution >= 4 is 0 Å². The van der Waals surface area contributed by atoms with Crippen LogP contribution in [0.4, 0.5) is 0 Å². The lowest BCUT2D eigenvalue weighted by molar-refractivity contribution is 0.420. The number of hydrogen-bond acceptors (Lipinski definition) is 4. The molecule has 78 valence electrons. The molecular formula is C11H13N3O. The van der Waals surface area contributed by atoms with E-state index in [4.69, 9.17) is 4.52 Å². The minimum absolute atomic E-state index is 0.570. The Labute approximate surface area is 88.3 Å². The Morgan fingerprint density at radius 2 is 2.00 bits per heavy atom. The molecule has 4 heteroatoms. The minimum atomic E-state index is 0.570. The van der Waals surface area contributed by atoms with Crippen molar-refractivity contribution in [1.29, 1.82) is 0 Å². The van der Waals surface area contributed by atoms with Crippen molar-refractivity contribution in [1.82, 2.24) is 15.5 Å². The zero-order chi connectivity index (χ0) is 10.7. The molecule has 2 rings (SSSR count). The summed E-state index contributed by atoms with van der Waals surface area (Å²) in [6.45, 7) is 2.67. The van der Waals surface area contributed by atoms with Gasteiger partial charge in [0.25, 0.3) is 5.89 Å². The second kappa shape index (κ2) is 4.23. The van der Waals surface area contributed by atoms with Gasteiger partial charge < -0.3 is 9.84 Å². The highest BCUT2D eigenvalue weighted by molar-refractivity contribution is 5.53. The quantitative estimate of drug-likeness (QED) is 0.825. The maximum atomic E-state index is 5.14. The van der Waals surface area contributed by atoms with Crippen LogP contribution in [0.1, 0.15) is 11.4 Å². The van der Waals surface area contributed by atoms with Crippen molar-refractivity contribution in [2.75, 3.05) is 7.05 Å². The number of nitrogens with zero attached hydrogens (tertiary/aromatic N) is 2. The lowest BCUT2D eigenvalue weighted by atomic mass is 10.1. The Bertz CT molecular complexity index is 433. The standard InChI is InChI=1S/C11H13N3O/c1-8-3-5-9(6-4-8)11-13-10(7-12-2)14-15-11/h3-6,12H,7H2,1-2H3. The molecule has 1 N–H and O–H groups in total. The molecule has 0 amide bonds. The molecule has 0 unspecified atom stereocenters. The maximum absolute atomic E-state index is 5.14. The molecule has 0 aliphatic heterocycles. The molecule has 1 aromatic carbocycles. The average molecular weight is 203 g/mol. The first-order chi connectivity index (χ1) is 7.29. The summed E-state index contributed by atoms with van der Waals surface area (Å²) in [6, 6.07) is 8.01. The second-order valence-electron chi connectivity index (χ2n) is 3.41. The van der Waals surface area contributed by atoms with Gasteiger partial charge in [0.15, 0.2) is 5.82 Å². The van der Waals surface area contributed by atoms with E-state index < -0.39 is 0 Å². The summed E-state index contributed by atoms with van der Waals surface area (Å²) >= 11 is 0. The molecule has 0 radical (unpaired) electrons. The molecule has 15 heavy (non-hydrogen) atoms. The molecule has 1 heterocycles. The average Bonchev–Trinajstić information content (AvgIpc) is 2.68. The molecule has 0 aliphatic rings. The summed E-state index contributed by atoms with van der Waals surface area (Å²) in [6.07, 6.45) is 0. The Balaban J connectivity index is 2.25. The van der Waals surface area contributed by atoms with Gasteiger partial charge in [0, 0.05) is 5.56 Å². The fraction of sp³-hybridized carbons (Fsp3) is 0.273. The third-order valence-corrected chi connectivity index (χ3v) is 2.10. The van der Waals surface area contributed by atoms with Crippen LogP contribution in [-0.2, 0) is 6.54 Å². The van der Waals surface area contributed by atoms with E-state index in [1.807, 2.05) is 38.2 Å². The summed E-state index contributed by atoms with van der Waals surface area (Å²) in [4.78, 5) is 4.26. The predicted molar refractivity (Wildman–Crippen MR) is 57.2 cm³/mol. The van der Waals surface area contributed by atoms with Gasteiger partial charge in [-0.2, -0.15) is 4.98 Å². The van der Waals surface area contributed by atoms with E-state index in [2.05, 4.69) is 15.5 Å². The normalized spacial score (nSPS) is 10.5. The van der Waals surface area contributed by atoms with E-state index in [9.17, 15) is 0 Å². The number of benzene rings is 1. The molecule has 0 fully saturated rings. The molecule has 1 aromatic heterocycles. The van der Waals surface area contributed by atoms with Crippen LogP contribution < -0.4 is 5.32 Å². The summed E-state index contributed by atoms with van der Waals surface area (Å²) in [5.74, 6) is 1.24. The van der Waals surface area contributed by atoms with Gasteiger partial charge in [-0.25, -0.2) is 0 Å². The largest absolute Gasteiger partial charge is 0.334 e. The SMILES string of the molecule is CNCc1noc(-c2ccc(C)cc2)n1. The minimum Gasteiger partial charge on any atom is -0.334 e. The molecule has 0 aliphatic carbocycles. The summed E-state index contributed by atoms with van der Waals surface area (Å²) in [5.41, 5.74) is 2.17. The fourth-order valence-corrected chi connectivity index (χ4v) is 1.30. The van der Waals surface area contributed by atoms with Gasteiger partial charge >= 0.3 is 0 Å². The first kappa shape index (κ1) is 9.86. The van der Waals surface area contributed by atoms with Crippen molar-refractivity contribution in [2.45, 2.75) is 13.5 Å². The lowest BCUT2D eigenvalue weighted by Crippen LogP contribution is -2.06. The second-order valence-corrected chi connectivity index (χ2v) is 3.41. The van der Waals surface area contributed by atoms with E-state index >= 15 is 0 Å². The number of hydrogen-bond donors (Lipinski definition) is 1. The molecule has 0 saturated carbocycles. The first-order valence-corrected chi connectivity index (χ1v) is 4.84. The van der Waals surface area contributed by atoms with Gasteiger partial charge in [-0.3, -0.25) is 0 Å². The Hall–Kier alpha value is -1.68. The van der Waals surface area contributed by atoms with Crippen molar-refractivity contribution < 1.29 is 4.52 Å². The molecule has 2 aromatic rings. The zero-order valence-corrected chi connectivity index (χ0v) is 8.82. The molecule has 0 bridgehead atoms. The highest BCUT2D eigenvalue weighted by Crippen LogP contribution is 2.17. The van der Waals surface area contributed by atoms with Gasteiger partial charge in [0.2, 0.25) is 0 Å². The summed E-state index contributed by atoms with van der Waals surface area (Å²) in [5, 5.41) is 6.83. The Morgan fingerprint density at radius 1 is 1.27 bits per heavy atom.